The average Bonchev–Trinajstić information content (AvgIpc) is 3.17. The summed E-state index contributed by atoms with van der Waals surface area (Å²) in [5.41, 5.74) is 1.80. The Morgan fingerprint density at radius 3 is 2.87 bits per heavy atom. The van der Waals surface area contributed by atoms with Crippen LogP contribution in [0.1, 0.15) is 12.8 Å². The number of rotatable bonds is 5. The van der Waals surface area contributed by atoms with Gasteiger partial charge in [0.15, 0.2) is 5.16 Å². The van der Waals surface area contributed by atoms with E-state index in [4.69, 9.17) is 11.6 Å². The summed E-state index contributed by atoms with van der Waals surface area (Å²) in [4.78, 5) is 14.5. The van der Waals surface area contributed by atoms with Crippen molar-refractivity contribution in [2.24, 2.45) is 7.05 Å². The Kier molecular flexibility index (Phi) is 5.07. The molecule has 2 aromatic rings. The van der Waals surface area contributed by atoms with Gasteiger partial charge in [-0.3, -0.25) is 4.79 Å². The Bertz CT molecular complexity index is 699. The molecule has 0 bridgehead atoms. The summed E-state index contributed by atoms with van der Waals surface area (Å²) >= 11 is 7.44. The van der Waals surface area contributed by atoms with Crippen LogP contribution in [0, 0.1) is 0 Å². The zero-order valence-corrected chi connectivity index (χ0v) is 14.4. The molecule has 1 amide bonds. The molecule has 3 rings (SSSR count). The second-order valence-electron chi connectivity index (χ2n) is 5.42. The van der Waals surface area contributed by atoms with E-state index in [9.17, 15) is 4.79 Å². The number of aryl methyl sites for hydroxylation is 1. The Labute approximate surface area is 144 Å². The molecule has 2 heterocycles. The molecule has 0 aliphatic carbocycles. The van der Waals surface area contributed by atoms with Crippen LogP contribution in [0.15, 0.2) is 29.7 Å². The monoisotopic (exact) mass is 351 g/mol. The Balaban J connectivity index is 1.67. The highest BCUT2D eigenvalue weighted by atomic mass is 35.5. The maximum Gasteiger partial charge on any atom is 0.234 e. The van der Waals surface area contributed by atoms with E-state index in [-0.39, 0.29) is 11.7 Å². The molecule has 0 spiro atoms. The van der Waals surface area contributed by atoms with Gasteiger partial charge in [0, 0.05) is 25.2 Å². The van der Waals surface area contributed by atoms with Crippen molar-refractivity contribution in [1.82, 2.24) is 14.8 Å². The van der Waals surface area contributed by atoms with Crippen LogP contribution in [0.4, 0.5) is 11.4 Å². The van der Waals surface area contributed by atoms with Crippen LogP contribution in [-0.2, 0) is 11.8 Å². The van der Waals surface area contributed by atoms with E-state index < -0.39 is 0 Å². The molecule has 1 aromatic carbocycles. The lowest BCUT2D eigenvalue weighted by molar-refractivity contribution is -0.113. The Hall–Kier alpha value is -1.73. The molecule has 1 aliphatic rings. The number of nitrogens with zero attached hydrogens (tertiary/aromatic N) is 4. The summed E-state index contributed by atoms with van der Waals surface area (Å²) in [6.45, 7) is 2.02. The lowest BCUT2D eigenvalue weighted by Crippen LogP contribution is -2.21. The first-order valence-corrected chi connectivity index (χ1v) is 8.81. The molecule has 8 heteroatoms. The number of hydrogen-bond acceptors (Lipinski definition) is 5. The molecule has 122 valence electrons. The number of thioether (sulfide) groups is 1. The van der Waals surface area contributed by atoms with Gasteiger partial charge in [0.05, 0.1) is 17.1 Å². The number of benzene rings is 1. The molecule has 1 aromatic heterocycles. The van der Waals surface area contributed by atoms with Crippen LogP contribution in [0.25, 0.3) is 0 Å². The maximum atomic E-state index is 12.2. The standard InChI is InChI=1S/C15H18ClN5OS/c1-20-10-17-19-15(20)23-9-14(22)18-12-8-11(16)4-5-13(12)21-6-2-3-7-21/h4-5,8,10H,2-3,6-7,9H2,1H3,(H,18,22). The van der Waals surface area contributed by atoms with E-state index >= 15 is 0 Å². The van der Waals surface area contributed by atoms with Crippen molar-refractivity contribution >= 4 is 40.6 Å². The van der Waals surface area contributed by atoms with Crippen LogP contribution in [-0.4, -0.2) is 39.5 Å². The third kappa shape index (κ3) is 3.97. The molecule has 0 saturated carbocycles. The third-order valence-corrected chi connectivity index (χ3v) is 4.95. The average molecular weight is 352 g/mol. The Morgan fingerprint density at radius 1 is 1.39 bits per heavy atom. The van der Waals surface area contributed by atoms with Crippen LogP contribution >= 0.6 is 23.4 Å². The van der Waals surface area contributed by atoms with Gasteiger partial charge in [0.1, 0.15) is 6.33 Å². The van der Waals surface area contributed by atoms with Crippen LogP contribution in [0.2, 0.25) is 5.02 Å². The highest BCUT2D eigenvalue weighted by Crippen LogP contribution is 2.31. The van der Waals surface area contributed by atoms with Crippen molar-refractivity contribution in [3.8, 4) is 0 Å². The SMILES string of the molecule is Cn1cnnc1SCC(=O)Nc1cc(Cl)ccc1N1CCCC1. The molecule has 1 aliphatic heterocycles. The number of carbonyl (C=O) groups excluding carboxylic acids is 1. The minimum absolute atomic E-state index is 0.0827. The highest BCUT2D eigenvalue weighted by Gasteiger charge is 2.17. The predicted molar refractivity (Wildman–Crippen MR) is 93.3 cm³/mol. The first-order chi connectivity index (χ1) is 11.1. The van der Waals surface area contributed by atoms with Gasteiger partial charge in [0.2, 0.25) is 5.91 Å². The summed E-state index contributed by atoms with van der Waals surface area (Å²) in [5.74, 6) is 0.194. The molecule has 1 fully saturated rings. The fourth-order valence-electron chi connectivity index (χ4n) is 2.56. The highest BCUT2D eigenvalue weighted by molar-refractivity contribution is 7.99. The molecule has 0 radical (unpaired) electrons. The fraction of sp³-hybridized carbons (Fsp3) is 0.400. The summed E-state index contributed by atoms with van der Waals surface area (Å²) in [6, 6.07) is 5.64. The third-order valence-electron chi connectivity index (χ3n) is 3.68. The van der Waals surface area contributed by atoms with Gasteiger partial charge in [-0.1, -0.05) is 23.4 Å². The summed E-state index contributed by atoms with van der Waals surface area (Å²) in [7, 11) is 1.85. The lowest BCUT2D eigenvalue weighted by atomic mass is 10.2. The van der Waals surface area contributed by atoms with E-state index in [0.29, 0.717) is 10.2 Å². The number of amides is 1. The largest absolute Gasteiger partial charge is 0.370 e. The fourth-order valence-corrected chi connectivity index (χ4v) is 3.42. The first-order valence-electron chi connectivity index (χ1n) is 7.44. The lowest BCUT2D eigenvalue weighted by Gasteiger charge is -2.21. The van der Waals surface area contributed by atoms with E-state index in [0.717, 1.165) is 24.5 Å². The molecule has 23 heavy (non-hydrogen) atoms. The van der Waals surface area contributed by atoms with Crippen molar-refractivity contribution in [3.05, 3.63) is 29.5 Å². The Morgan fingerprint density at radius 2 is 2.17 bits per heavy atom. The minimum Gasteiger partial charge on any atom is -0.370 e. The van der Waals surface area contributed by atoms with Gasteiger partial charge in [0.25, 0.3) is 0 Å². The predicted octanol–water partition coefficient (Wildman–Crippen LogP) is 2.80. The van der Waals surface area contributed by atoms with Crippen molar-refractivity contribution in [2.45, 2.75) is 18.0 Å². The zero-order chi connectivity index (χ0) is 16.2. The van der Waals surface area contributed by atoms with Crippen LogP contribution in [0.3, 0.4) is 0 Å². The van der Waals surface area contributed by atoms with E-state index in [2.05, 4.69) is 20.4 Å². The number of anilines is 2. The van der Waals surface area contributed by atoms with E-state index in [1.165, 1.54) is 24.6 Å². The van der Waals surface area contributed by atoms with Crippen molar-refractivity contribution < 1.29 is 4.79 Å². The number of hydrogen-bond donors (Lipinski definition) is 1. The maximum absolute atomic E-state index is 12.2. The van der Waals surface area contributed by atoms with E-state index in [1.54, 1.807) is 17.0 Å². The number of halogens is 1. The summed E-state index contributed by atoms with van der Waals surface area (Å²) < 4.78 is 1.78. The smallest absolute Gasteiger partial charge is 0.234 e. The van der Waals surface area contributed by atoms with Gasteiger partial charge in [-0.25, -0.2) is 0 Å². The number of aromatic nitrogens is 3. The summed E-state index contributed by atoms with van der Waals surface area (Å²) in [5, 5.41) is 12.0. The summed E-state index contributed by atoms with van der Waals surface area (Å²) in [6.07, 6.45) is 3.97. The second-order valence-corrected chi connectivity index (χ2v) is 6.80. The molecular formula is C15H18ClN5OS. The normalized spacial score (nSPS) is 14.3. The molecule has 0 atom stereocenters. The van der Waals surface area contributed by atoms with E-state index in [1.807, 2.05) is 19.2 Å². The molecule has 1 saturated heterocycles. The molecular weight excluding hydrogens is 334 g/mol. The molecule has 6 nitrogen and oxygen atoms in total. The second kappa shape index (κ2) is 7.23. The topological polar surface area (TPSA) is 63.1 Å². The quantitative estimate of drug-likeness (QED) is 0.839. The van der Waals surface area contributed by atoms with Gasteiger partial charge in [-0.2, -0.15) is 0 Å². The molecule has 0 unspecified atom stereocenters. The van der Waals surface area contributed by atoms with Gasteiger partial charge >= 0.3 is 0 Å². The van der Waals surface area contributed by atoms with Gasteiger partial charge in [-0.15, -0.1) is 10.2 Å². The zero-order valence-electron chi connectivity index (χ0n) is 12.8. The van der Waals surface area contributed by atoms with Crippen LogP contribution < -0.4 is 10.2 Å². The van der Waals surface area contributed by atoms with Crippen LogP contribution in [0.5, 0.6) is 0 Å². The van der Waals surface area contributed by atoms with Crippen molar-refractivity contribution in [2.75, 3.05) is 29.1 Å². The van der Waals surface area contributed by atoms with Gasteiger partial charge in [-0.05, 0) is 31.0 Å². The number of carbonyl (C=O) groups is 1. The minimum atomic E-state index is -0.0827. The van der Waals surface area contributed by atoms with Gasteiger partial charge < -0.3 is 14.8 Å². The van der Waals surface area contributed by atoms with Crippen molar-refractivity contribution in [3.63, 3.8) is 0 Å². The van der Waals surface area contributed by atoms with Crippen molar-refractivity contribution in [1.29, 1.82) is 0 Å². The molecule has 1 N–H and O–H groups in total. The first kappa shape index (κ1) is 16.1. The number of nitrogens with one attached hydrogen (secondary N) is 1.